The third-order valence-electron chi connectivity index (χ3n) is 2.60. The molecule has 96 valence electrons. The molecule has 0 saturated carbocycles. The third-order valence-corrected chi connectivity index (χ3v) is 3.39. The van der Waals surface area contributed by atoms with Crippen LogP contribution in [-0.2, 0) is 6.54 Å². The van der Waals surface area contributed by atoms with Crippen LogP contribution in [0.5, 0.6) is 5.75 Å². The summed E-state index contributed by atoms with van der Waals surface area (Å²) in [6, 6.07) is 12.6. The number of phenols is 1. The molecular weight excluding hydrogens is 328 g/mol. The van der Waals surface area contributed by atoms with Crippen LogP contribution in [0, 0.1) is 11.3 Å². The van der Waals surface area contributed by atoms with E-state index in [1.807, 2.05) is 12.1 Å². The van der Waals surface area contributed by atoms with Gasteiger partial charge in [-0.3, -0.25) is 0 Å². The Kier molecular flexibility index (Phi) is 4.31. The van der Waals surface area contributed by atoms with Crippen LogP contribution in [0.3, 0.4) is 0 Å². The van der Waals surface area contributed by atoms with E-state index < -0.39 is 0 Å². The summed E-state index contributed by atoms with van der Waals surface area (Å²) in [6.45, 7) is 0.524. The van der Waals surface area contributed by atoms with Gasteiger partial charge >= 0.3 is 0 Å². The fourth-order valence-electron chi connectivity index (χ4n) is 1.62. The molecule has 0 amide bonds. The van der Waals surface area contributed by atoms with Crippen LogP contribution >= 0.6 is 27.5 Å². The lowest BCUT2D eigenvalue weighted by Gasteiger charge is -2.09. The predicted molar refractivity (Wildman–Crippen MR) is 79.3 cm³/mol. The zero-order valence-electron chi connectivity index (χ0n) is 9.82. The van der Waals surface area contributed by atoms with Crippen molar-refractivity contribution in [2.45, 2.75) is 6.54 Å². The maximum atomic E-state index is 9.34. The van der Waals surface area contributed by atoms with E-state index in [1.165, 1.54) is 0 Å². The quantitative estimate of drug-likeness (QED) is 0.878. The molecular formula is C14H10BrClN2O. The minimum absolute atomic E-state index is 0.0618. The molecule has 5 heteroatoms. The molecule has 0 aliphatic carbocycles. The topological polar surface area (TPSA) is 56.0 Å². The summed E-state index contributed by atoms with van der Waals surface area (Å²) in [6.07, 6.45) is 0. The summed E-state index contributed by atoms with van der Waals surface area (Å²) in [4.78, 5) is 0. The average molecular weight is 338 g/mol. The molecule has 0 aliphatic rings. The zero-order chi connectivity index (χ0) is 13.8. The van der Waals surface area contributed by atoms with E-state index in [0.717, 1.165) is 15.7 Å². The van der Waals surface area contributed by atoms with Crippen molar-refractivity contribution < 1.29 is 5.11 Å². The lowest BCUT2D eigenvalue weighted by molar-refractivity contribution is 0.475. The number of benzene rings is 2. The number of hydrogen-bond acceptors (Lipinski definition) is 3. The van der Waals surface area contributed by atoms with E-state index in [2.05, 4.69) is 27.3 Å². The van der Waals surface area contributed by atoms with Crippen LogP contribution in [0.1, 0.15) is 11.1 Å². The van der Waals surface area contributed by atoms with Crippen molar-refractivity contribution >= 4 is 33.2 Å². The number of hydrogen-bond donors (Lipinski definition) is 2. The van der Waals surface area contributed by atoms with Gasteiger partial charge in [0, 0.05) is 11.0 Å². The average Bonchev–Trinajstić information content (AvgIpc) is 2.41. The molecule has 0 saturated heterocycles. The Morgan fingerprint density at radius 2 is 2.05 bits per heavy atom. The van der Waals surface area contributed by atoms with Gasteiger partial charge in [-0.1, -0.05) is 33.6 Å². The van der Waals surface area contributed by atoms with E-state index in [4.69, 9.17) is 16.9 Å². The third kappa shape index (κ3) is 3.40. The number of nitrogens with zero attached hydrogens (tertiary/aromatic N) is 1. The van der Waals surface area contributed by atoms with E-state index in [0.29, 0.717) is 17.1 Å². The number of anilines is 1. The number of nitrogens with one attached hydrogen (secondary N) is 1. The summed E-state index contributed by atoms with van der Waals surface area (Å²) >= 11 is 9.17. The molecule has 0 spiro atoms. The first kappa shape index (κ1) is 13.7. The molecule has 0 radical (unpaired) electrons. The molecule has 0 aromatic heterocycles. The highest BCUT2D eigenvalue weighted by Crippen LogP contribution is 2.25. The maximum Gasteiger partial charge on any atom is 0.134 e. The van der Waals surface area contributed by atoms with E-state index in [-0.39, 0.29) is 5.75 Å². The summed E-state index contributed by atoms with van der Waals surface area (Å²) in [7, 11) is 0. The van der Waals surface area contributed by atoms with Crippen LogP contribution in [-0.4, -0.2) is 5.11 Å². The molecule has 0 aliphatic heterocycles. The maximum absolute atomic E-state index is 9.34. The Morgan fingerprint density at radius 1 is 1.26 bits per heavy atom. The predicted octanol–water partition coefficient (Wildman–Crippen LogP) is 4.29. The lowest BCUT2D eigenvalue weighted by atomic mass is 10.1. The van der Waals surface area contributed by atoms with Gasteiger partial charge in [-0.15, -0.1) is 0 Å². The van der Waals surface area contributed by atoms with Crippen molar-refractivity contribution in [2.24, 2.45) is 0 Å². The van der Waals surface area contributed by atoms with Crippen LogP contribution in [0.15, 0.2) is 40.9 Å². The fourth-order valence-corrected chi connectivity index (χ4v) is 2.19. The Hall–Kier alpha value is -1.70. The molecule has 0 unspecified atom stereocenters. The number of rotatable bonds is 3. The van der Waals surface area contributed by atoms with Crippen LogP contribution < -0.4 is 5.32 Å². The van der Waals surface area contributed by atoms with Crippen LogP contribution in [0.4, 0.5) is 5.69 Å². The molecule has 3 nitrogen and oxygen atoms in total. The summed E-state index contributed by atoms with van der Waals surface area (Å²) in [5, 5.41) is 21.9. The van der Waals surface area contributed by atoms with Crippen LogP contribution in [0.2, 0.25) is 5.02 Å². The van der Waals surface area contributed by atoms with Gasteiger partial charge in [-0.05, 0) is 35.9 Å². The molecule has 2 N–H and O–H groups in total. The molecule has 0 fully saturated rings. The minimum Gasteiger partial charge on any atom is -0.506 e. The number of aromatic hydroxyl groups is 1. The number of phenolic OH excluding ortho intramolecular Hbond substituents is 1. The minimum atomic E-state index is 0.0618. The van der Waals surface area contributed by atoms with Gasteiger partial charge < -0.3 is 10.4 Å². The van der Waals surface area contributed by atoms with Gasteiger partial charge in [0.05, 0.1) is 16.3 Å². The summed E-state index contributed by atoms with van der Waals surface area (Å²) < 4.78 is 0.863. The van der Waals surface area contributed by atoms with E-state index >= 15 is 0 Å². The standard InChI is InChI=1S/C14H10BrClN2O/c15-11-2-3-13(10(6-11)7-17)18-8-9-1-4-14(19)12(16)5-9/h1-6,18-19H,8H2. The van der Waals surface area contributed by atoms with Gasteiger partial charge in [-0.2, -0.15) is 5.26 Å². The monoisotopic (exact) mass is 336 g/mol. The lowest BCUT2D eigenvalue weighted by Crippen LogP contribution is -2.01. The zero-order valence-corrected chi connectivity index (χ0v) is 12.2. The Bertz CT molecular complexity index is 652. The normalized spacial score (nSPS) is 9.95. The molecule has 2 aromatic carbocycles. The molecule has 0 heterocycles. The Labute approximate surface area is 124 Å². The van der Waals surface area contributed by atoms with Gasteiger partial charge in [0.25, 0.3) is 0 Å². The van der Waals surface area contributed by atoms with Crippen LogP contribution in [0.25, 0.3) is 0 Å². The SMILES string of the molecule is N#Cc1cc(Br)ccc1NCc1ccc(O)c(Cl)c1. The van der Waals surface area contributed by atoms with Crippen molar-refractivity contribution in [3.05, 3.63) is 57.0 Å². The molecule has 19 heavy (non-hydrogen) atoms. The molecule has 0 bridgehead atoms. The highest BCUT2D eigenvalue weighted by Gasteiger charge is 2.04. The molecule has 2 rings (SSSR count). The number of nitriles is 1. The first-order valence-corrected chi connectivity index (χ1v) is 6.68. The van der Waals surface area contributed by atoms with Gasteiger partial charge in [0.2, 0.25) is 0 Å². The fraction of sp³-hybridized carbons (Fsp3) is 0.0714. The Balaban J connectivity index is 2.14. The van der Waals surface area contributed by atoms with Gasteiger partial charge in [0.15, 0.2) is 0 Å². The van der Waals surface area contributed by atoms with Crippen molar-refractivity contribution in [3.8, 4) is 11.8 Å². The van der Waals surface area contributed by atoms with E-state index in [1.54, 1.807) is 24.3 Å². The van der Waals surface area contributed by atoms with Crippen molar-refractivity contribution in [2.75, 3.05) is 5.32 Å². The second kappa shape index (κ2) is 5.96. The first-order valence-electron chi connectivity index (χ1n) is 5.51. The highest BCUT2D eigenvalue weighted by molar-refractivity contribution is 9.10. The molecule has 0 atom stereocenters. The second-order valence-corrected chi connectivity index (χ2v) is 5.26. The summed E-state index contributed by atoms with van der Waals surface area (Å²) in [5.41, 5.74) is 2.25. The smallest absolute Gasteiger partial charge is 0.134 e. The summed E-state index contributed by atoms with van der Waals surface area (Å²) in [5.74, 6) is 0.0618. The van der Waals surface area contributed by atoms with Crippen molar-refractivity contribution in [1.82, 2.24) is 0 Å². The van der Waals surface area contributed by atoms with Crippen molar-refractivity contribution in [3.63, 3.8) is 0 Å². The molecule has 2 aromatic rings. The van der Waals surface area contributed by atoms with E-state index in [9.17, 15) is 5.11 Å². The van der Waals surface area contributed by atoms with Gasteiger partial charge in [0.1, 0.15) is 11.8 Å². The second-order valence-electron chi connectivity index (χ2n) is 3.94. The largest absolute Gasteiger partial charge is 0.506 e. The Morgan fingerprint density at radius 3 is 2.74 bits per heavy atom. The highest BCUT2D eigenvalue weighted by atomic mass is 79.9. The van der Waals surface area contributed by atoms with Gasteiger partial charge in [-0.25, -0.2) is 0 Å². The number of halogens is 2. The van der Waals surface area contributed by atoms with Crippen molar-refractivity contribution in [1.29, 1.82) is 5.26 Å². The first-order chi connectivity index (χ1) is 9.10.